The fraction of sp³-hybridized carbons (Fsp3) is 0.625. The van der Waals surface area contributed by atoms with Crippen LogP contribution in [0.2, 0.25) is 0 Å². The molecule has 1 aliphatic rings. The van der Waals surface area contributed by atoms with Gasteiger partial charge in [-0.15, -0.1) is 0 Å². The fourth-order valence-corrected chi connectivity index (χ4v) is 2.07. The van der Waals surface area contributed by atoms with Gasteiger partial charge in [0.05, 0.1) is 0 Å². The lowest BCUT2D eigenvalue weighted by Crippen LogP contribution is -2.44. The van der Waals surface area contributed by atoms with Crippen molar-refractivity contribution in [1.82, 2.24) is 15.0 Å². The zero-order valence-corrected chi connectivity index (χ0v) is 9.98. The molecule has 1 saturated carbocycles. The van der Waals surface area contributed by atoms with Gasteiger partial charge in [-0.1, -0.05) is 17.1 Å². The zero-order valence-electron chi connectivity index (χ0n) is 9.16. The van der Waals surface area contributed by atoms with Crippen LogP contribution in [0, 0.1) is 0 Å². The maximum Gasteiger partial charge on any atom is 0.287 e. The van der Waals surface area contributed by atoms with Gasteiger partial charge >= 0.3 is 0 Å². The molecule has 0 atom stereocenters. The molecule has 94 valence electrons. The summed E-state index contributed by atoms with van der Waals surface area (Å²) in [4.78, 5) is 0. The van der Waals surface area contributed by atoms with Crippen molar-refractivity contribution in [2.45, 2.75) is 25.0 Å². The van der Waals surface area contributed by atoms with Crippen molar-refractivity contribution >= 4 is 17.8 Å². The minimum atomic E-state index is -0.181. The summed E-state index contributed by atoms with van der Waals surface area (Å²) in [5, 5.41) is 18.4. The van der Waals surface area contributed by atoms with Crippen LogP contribution in [0.15, 0.2) is 9.78 Å². The quantitative estimate of drug-likeness (QED) is 0.221. The number of nitrogens with one attached hydrogen (secondary N) is 1. The summed E-state index contributed by atoms with van der Waals surface area (Å²) in [5.41, 5.74) is 5.51. The molecule has 1 heterocycles. The SMILES string of the molecule is CSN[C@H]1C[C@@H](Oc2nonc2/C(N)=N\O)C1. The Morgan fingerprint density at radius 3 is 3.06 bits per heavy atom. The van der Waals surface area contributed by atoms with Crippen molar-refractivity contribution in [2.75, 3.05) is 6.26 Å². The first kappa shape index (κ1) is 12.0. The maximum absolute atomic E-state index is 8.53. The van der Waals surface area contributed by atoms with Crippen molar-refractivity contribution in [3.63, 3.8) is 0 Å². The third-order valence-corrected chi connectivity index (χ3v) is 3.04. The van der Waals surface area contributed by atoms with Crippen LogP contribution in [-0.4, -0.2) is 39.8 Å². The lowest BCUT2D eigenvalue weighted by Gasteiger charge is -2.34. The topological polar surface area (TPSA) is 119 Å². The third-order valence-electron chi connectivity index (χ3n) is 2.47. The Hall–Kier alpha value is -1.48. The van der Waals surface area contributed by atoms with Gasteiger partial charge in [-0.2, -0.15) is 0 Å². The molecule has 0 bridgehead atoms. The normalized spacial score (nSPS) is 24.4. The first-order valence-electron chi connectivity index (χ1n) is 5.00. The van der Waals surface area contributed by atoms with E-state index in [9.17, 15) is 0 Å². The highest BCUT2D eigenvalue weighted by molar-refractivity contribution is 7.96. The lowest BCUT2D eigenvalue weighted by molar-refractivity contribution is 0.0857. The van der Waals surface area contributed by atoms with Crippen molar-refractivity contribution in [2.24, 2.45) is 10.9 Å². The zero-order chi connectivity index (χ0) is 12.3. The molecular weight excluding hydrogens is 246 g/mol. The molecule has 1 fully saturated rings. The smallest absolute Gasteiger partial charge is 0.287 e. The van der Waals surface area contributed by atoms with Crippen LogP contribution in [0.25, 0.3) is 0 Å². The highest BCUT2D eigenvalue weighted by atomic mass is 32.2. The van der Waals surface area contributed by atoms with E-state index in [-0.39, 0.29) is 23.5 Å². The van der Waals surface area contributed by atoms with Gasteiger partial charge in [0.15, 0.2) is 5.84 Å². The number of nitrogens with zero attached hydrogens (tertiary/aromatic N) is 3. The van der Waals surface area contributed by atoms with Crippen LogP contribution in [0.3, 0.4) is 0 Å². The maximum atomic E-state index is 8.53. The molecule has 4 N–H and O–H groups in total. The summed E-state index contributed by atoms with van der Waals surface area (Å²) < 4.78 is 13.3. The van der Waals surface area contributed by atoms with Gasteiger partial charge in [0.25, 0.3) is 5.88 Å². The van der Waals surface area contributed by atoms with Crippen molar-refractivity contribution in [3.05, 3.63) is 5.69 Å². The Morgan fingerprint density at radius 2 is 2.41 bits per heavy atom. The Balaban J connectivity index is 1.90. The van der Waals surface area contributed by atoms with Crippen LogP contribution in [0.4, 0.5) is 0 Å². The molecule has 0 spiro atoms. The predicted molar refractivity (Wildman–Crippen MR) is 60.9 cm³/mol. The number of ether oxygens (including phenoxy) is 1. The van der Waals surface area contributed by atoms with Gasteiger partial charge < -0.3 is 15.7 Å². The average molecular weight is 259 g/mol. The molecule has 1 aromatic rings. The van der Waals surface area contributed by atoms with E-state index >= 15 is 0 Å². The molecule has 0 aromatic carbocycles. The average Bonchev–Trinajstić information content (AvgIpc) is 2.73. The molecular formula is C8H13N5O3S. The van der Waals surface area contributed by atoms with Crippen molar-refractivity contribution in [3.8, 4) is 5.88 Å². The molecule has 1 aliphatic carbocycles. The Bertz CT molecular complexity index is 404. The van der Waals surface area contributed by atoms with Crippen LogP contribution < -0.4 is 15.2 Å². The van der Waals surface area contributed by atoms with E-state index in [1.165, 1.54) is 0 Å². The largest absolute Gasteiger partial charge is 0.470 e. The molecule has 0 saturated heterocycles. The van der Waals surface area contributed by atoms with E-state index in [0.29, 0.717) is 6.04 Å². The second kappa shape index (κ2) is 5.23. The summed E-state index contributed by atoms with van der Waals surface area (Å²) in [5.74, 6) is -0.0211. The number of aromatic nitrogens is 2. The highest BCUT2D eigenvalue weighted by Gasteiger charge is 2.32. The van der Waals surface area contributed by atoms with Crippen molar-refractivity contribution < 1.29 is 14.6 Å². The highest BCUT2D eigenvalue weighted by Crippen LogP contribution is 2.27. The molecule has 9 heteroatoms. The van der Waals surface area contributed by atoms with Crippen LogP contribution in [-0.2, 0) is 0 Å². The molecule has 8 nitrogen and oxygen atoms in total. The molecule has 0 amide bonds. The monoisotopic (exact) mass is 259 g/mol. The number of hydrogen-bond donors (Lipinski definition) is 3. The Morgan fingerprint density at radius 1 is 1.65 bits per heavy atom. The van der Waals surface area contributed by atoms with E-state index in [4.69, 9.17) is 15.7 Å². The van der Waals surface area contributed by atoms with Crippen LogP contribution >= 0.6 is 11.9 Å². The van der Waals surface area contributed by atoms with Gasteiger partial charge in [-0.3, -0.25) is 4.72 Å². The first-order chi connectivity index (χ1) is 8.24. The minimum absolute atomic E-state index is 0.0526. The molecule has 1 aromatic heterocycles. The second-order valence-corrected chi connectivity index (χ2v) is 4.28. The number of amidine groups is 1. The Labute approximate surface area is 102 Å². The number of nitrogens with two attached hydrogens (primary N) is 1. The fourth-order valence-electron chi connectivity index (χ4n) is 1.54. The second-order valence-electron chi connectivity index (χ2n) is 3.63. The predicted octanol–water partition coefficient (Wildman–Crippen LogP) is -0.0585. The van der Waals surface area contributed by atoms with E-state index in [2.05, 4.69) is 24.8 Å². The molecule has 0 radical (unpaired) electrons. The number of rotatable bonds is 5. The van der Waals surface area contributed by atoms with Gasteiger partial charge in [0.2, 0.25) is 5.69 Å². The summed E-state index contributed by atoms with van der Waals surface area (Å²) in [6.07, 6.45) is 3.79. The van der Waals surface area contributed by atoms with Crippen LogP contribution in [0.5, 0.6) is 5.88 Å². The van der Waals surface area contributed by atoms with E-state index in [0.717, 1.165) is 12.8 Å². The number of hydrogen-bond acceptors (Lipinski definition) is 8. The Kier molecular flexibility index (Phi) is 3.69. The van der Waals surface area contributed by atoms with Gasteiger partial charge in [-0.25, -0.2) is 4.63 Å². The van der Waals surface area contributed by atoms with Gasteiger partial charge in [0, 0.05) is 18.9 Å². The summed E-state index contributed by atoms with van der Waals surface area (Å²) in [7, 11) is 0. The van der Waals surface area contributed by atoms with Crippen molar-refractivity contribution in [1.29, 1.82) is 0 Å². The molecule has 0 unspecified atom stereocenters. The van der Waals surface area contributed by atoms with E-state index < -0.39 is 0 Å². The molecule has 17 heavy (non-hydrogen) atoms. The van der Waals surface area contributed by atoms with Gasteiger partial charge in [0.1, 0.15) is 6.10 Å². The summed E-state index contributed by atoms with van der Waals surface area (Å²) >= 11 is 1.58. The van der Waals surface area contributed by atoms with E-state index in [1.807, 2.05) is 6.26 Å². The minimum Gasteiger partial charge on any atom is -0.470 e. The summed E-state index contributed by atoms with van der Waals surface area (Å²) in [6.45, 7) is 0. The molecule has 2 rings (SSSR count). The molecule has 0 aliphatic heterocycles. The standard InChI is InChI=1S/C8H13N5O3S/c1-17-13-4-2-5(3-4)15-8-6(7(9)10-14)11-16-12-8/h4-5,13-14H,2-3H2,1H3,(H2,9,10)/t4-,5+. The number of oxime groups is 1. The van der Waals surface area contributed by atoms with Gasteiger partial charge in [-0.05, 0) is 16.6 Å². The third kappa shape index (κ3) is 2.61. The first-order valence-corrected chi connectivity index (χ1v) is 6.22. The van der Waals surface area contributed by atoms with Crippen LogP contribution in [0.1, 0.15) is 18.5 Å². The lowest BCUT2D eigenvalue weighted by atomic mass is 9.90. The summed E-state index contributed by atoms with van der Waals surface area (Å²) in [6, 6.07) is 0.446. The van der Waals surface area contributed by atoms with E-state index in [1.54, 1.807) is 11.9 Å².